The highest BCUT2D eigenvalue weighted by molar-refractivity contribution is 5.52. The van der Waals surface area contributed by atoms with Crippen molar-refractivity contribution in [3.05, 3.63) is 12.2 Å². The van der Waals surface area contributed by atoms with Gasteiger partial charge in [-0.3, -0.25) is 4.79 Å². The maximum absolute atomic E-state index is 9.96. The van der Waals surface area contributed by atoms with E-state index in [9.17, 15) is 4.79 Å². The van der Waals surface area contributed by atoms with Crippen molar-refractivity contribution in [2.24, 2.45) is 0 Å². The molecule has 1 nitrogen and oxygen atoms in total. The number of carbonyl (C=O) groups excluding carboxylic acids is 1. The standard InChI is InChI=1S/C18H33O/c1-2-3-4-5-6-7-8-9-10-11-12-13-14-15-16-17-18-19/h15-16H,2-14,17H2,1H3/b16-15+. The largest absolute Gasteiger partial charge is 0.291 e. The molecule has 19 heavy (non-hydrogen) atoms. The molecule has 0 aromatic heterocycles. The van der Waals surface area contributed by atoms with E-state index in [1.165, 1.54) is 77.0 Å². The molecule has 0 N–H and O–H groups in total. The molecule has 0 fully saturated rings. The first-order chi connectivity index (χ1) is 9.41. The Morgan fingerprint density at radius 2 is 1.16 bits per heavy atom. The molecule has 0 bridgehead atoms. The molecule has 0 saturated heterocycles. The fourth-order valence-corrected chi connectivity index (χ4v) is 2.35. The molecule has 0 aliphatic carbocycles. The minimum Gasteiger partial charge on any atom is -0.291 e. The lowest BCUT2D eigenvalue weighted by molar-refractivity contribution is 0.545. The third-order valence-corrected chi connectivity index (χ3v) is 3.59. The molecule has 1 heteroatoms. The minimum atomic E-state index is 0.457. The second-order valence-electron chi connectivity index (χ2n) is 5.50. The maximum Gasteiger partial charge on any atom is 0.202 e. The van der Waals surface area contributed by atoms with Gasteiger partial charge >= 0.3 is 0 Å². The van der Waals surface area contributed by atoms with Gasteiger partial charge in [0.2, 0.25) is 6.29 Å². The molecule has 0 heterocycles. The zero-order chi connectivity index (χ0) is 14.0. The minimum absolute atomic E-state index is 0.457. The van der Waals surface area contributed by atoms with Crippen molar-refractivity contribution >= 4 is 6.29 Å². The van der Waals surface area contributed by atoms with E-state index in [4.69, 9.17) is 0 Å². The average molecular weight is 265 g/mol. The van der Waals surface area contributed by atoms with Crippen molar-refractivity contribution < 1.29 is 4.79 Å². The van der Waals surface area contributed by atoms with Crippen LogP contribution in [0.5, 0.6) is 0 Å². The summed E-state index contributed by atoms with van der Waals surface area (Å²) in [5.41, 5.74) is 0. The van der Waals surface area contributed by atoms with Crippen LogP contribution in [0, 0.1) is 0 Å². The Balaban J connectivity index is 2.97. The lowest BCUT2D eigenvalue weighted by atomic mass is 10.0. The summed E-state index contributed by atoms with van der Waals surface area (Å²) in [5.74, 6) is 0. The lowest BCUT2D eigenvalue weighted by Crippen LogP contribution is -1.82. The zero-order valence-corrected chi connectivity index (χ0v) is 13.0. The summed E-state index contributed by atoms with van der Waals surface area (Å²) in [6.07, 6.45) is 24.3. The predicted molar refractivity (Wildman–Crippen MR) is 85.1 cm³/mol. The van der Waals surface area contributed by atoms with Crippen LogP contribution in [0.1, 0.15) is 96.8 Å². The first kappa shape index (κ1) is 18.4. The van der Waals surface area contributed by atoms with E-state index < -0.39 is 0 Å². The quantitative estimate of drug-likeness (QED) is 0.257. The number of hydrogen-bond acceptors (Lipinski definition) is 1. The van der Waals surface area contributed by atoms with E-state index in [1.54, 1.807) is 0 Å². The van der Waals surface area contributed by atoms with Crippen LogP contribution < -0.4 is 0 Å². The van der Waals surface area contributed by atoms with Crippen LogP contribution in [-0.2, 0) is 4.79 Å². The Hall–Kier alpha value is -0.590. The third kappa shape index (κ3) is 17.4. The van der Waals surface area contributed by atoms with Crippen LogP contribution >= 0.6 is 0 Å². The Kier molecular flexibility index (Phi) is 16.9. The van der Waals surface area contributed by atoms with Gasteiger partial charge in [0, 0.05) is 6.42 Å². The van der Waals surface area contributed by atoms with Gasteiger partial charge in [0.25, 0.3) is 0 Å². The maximum atomic E-state index is 9.96. The highest BCUT2D eigenvalue weighted by atomic mass is 16.1. The smallest absolute Gasteiger partial charge is 0.202 e. The van der Waals surface area contributed by atoms with Gasteiger partial charge in [-0.25, -0.2) is 0 Å². The number of hydrogen-bond donors (Lipinski definition) is 0. The van der Waals surface area contributed by atoms with Crippen LogP contribution in [0.15, 0.2) is 12.2 Å². The summed E-state index contributed by atoms with van der Waals surface area (Å²) in [6.45, 7) is 2.27. The second kappa shape index (κ2) is 17.4. The van der Waals surface area contributed by atoms with Gasteiger partial charge in [-0.2, -0.15) is 0 Å². The van der Waals surface area contributed by atoms with Gasteiger partial charge in [-0.05, 0) is 12.8 Å². The lowest BCUT2D eigenvalue weighted by Gasteiger charge is -2.02. The number of unbranched alkanes of at least 4 members (excludes halogenated alkanes) is 12. The van der Waals surface area contributed by atoms with E-state index in [2.05, 4.69) is 13.0 Å². The highest BCUT2D eigenvalue weighted by Crippen LogP contribution is 2.12. The zero-order valence-electron chi connectivity index (χ0n) is 13.0. The molecule has 0 saturated carbocycles. The third-order valence-electron chi connectivity index (χ3n) is 3.59. The van der Waals surface area contributed by atoms with Gasteiger partial charge in [0.05, 0.1) is 0 Å². The van der Waals surface area contributed by atoms with Crippen molar-refractivity contribution in [1.29, 1.82) is 0 Å². The van der Waals surface area contributed by atoms with E-state index in [0.717, 1.165) is 6.42 Å². The van der Waals surface area contributed by atoms with Crippen LogP contribution in [0.4, 0.5) is 0 Å². The number of allylic oxidation sites excluding steroid dienone is 2. The van der Waals surface area contributed by atoms with Crippen molar-refractivity contribution in [3.63, 3.8) is 0 Å². The molecule has 0 aliphatic rings. The SMILES string of the molecule is CCCCCCCCCCCCCC/C=C/C[C]=O. The Labute approximate surface area is 120 Å². The molecule has 0 spiro atoms. The fourth-order valence-electron chi connectivity index (χ4n) is 2.35. The number of rotatable bonds is 15. The first-order valence-electron chi connectivity index (χ1n) is 8.41. The molecule has 0 aliphatic heterocycles. The summed E-state index contributed by atoms with van der Waals surface area (Å²) in [7, 11) is 0. The molecule has 0 unspecified atom stereocenters. The molecular formula is C18H33O. The predicted octanol–water partition coefficient (Wildman–Crippen LogP) is 6.13. The van der Waals surface area contributed by atoms with E-state index >= 15 is 0 Å². The summed E-state index contributed by atoms with van der Waals surface area (Å²) in [6, 6.07) is 0. The molecule has 0 amide bonds. The van der Waals surface area contributed by atoms with Crippen LogP contribution in [0.3, 0.4) is 0 Å². The van der Waals surface area contributed by atoms with E-state index in [0.29, 0.717) is 6.42 Å². The Morgan fingerprint density at radius 1 is 0.684 bits per heavy atom. The van der Waals surface area contributed by atoms with Crippen LogP contribution in [0.25, 0.3) is 0 Å². The van der Waals surface area contributed by atoms with E-state index in [1.807, 2.05) is 12.4 Å². The van der Waals surface area contributed by atoms with Crippen molar-refractivity contribution in [1.82, 2.24) is 0 Å². The van der Waals surface area contributed by atoms with Gasteiger partial charge < -0.3 is 0 Å². The van der Waals surface area contributed by atoms with Crippen LogP contribution in [-0.4, -0.2) is 6.29 Å². The molecule has 0 aromatic carbocycles. The molecule has 0 atom stereocenters. The topological polar surface area (TPSA) is 17.1 Å². The monoisotopic (exact) mass is 265 g/mol. The van der Waals surface area contributed by atoms with Gasteiger partial charge in [0.1, 0.15) is 0 Å². The van der Waals surface area contributed by atoms with Gasteiger partial charge in [-0.1, -0.05) is 89.7 Å². The molecule has 111 valence electrons. The second-order valence-corrected chi connectivity index (χ2v) is 5.50. The summed E-state index contributed by atoms with van der Waals surface area (Å²) >= 11 is 0. The fraction of sp³-hybridized carbons (Fsp3) is 0.833. The average Bonchev–Trinajstić information content (AvgIpc) is 2.43. The molecular weight excluding hydrogens is 232 g/mol. The summed E-state index contributed by atoms with van der Waals surface area (Å²) in [4.78, 5) is 9.96. The molecule has 0 aromatic rings. The van der Waals surface area contributed by atoms with Gasteiger partial charge in [-0.15, -0.1) is 0 Å². The summed E-state index contributed by atoms with van der Waals surface area (Å²) in [5, 5.41) is 0. The van der Waals surface area contributed by atoms with Crippen molar-refractivity contribution in [2.45, 2.75) is 96.8 Å². The normalized spacial score (nSPS) is 11.2. The van der Waals surface area contributed by atoms with Crippen molar-refractivity contribution in [3.8, 4) is 0 Å². The molecule has 0 rings (SSSR count). The van der Waals surface area contributed by atoms with Crippen molar-refractivity contribution in [2.75, 3.05) is 0 Å². The molecule has 1 radical (unpaired) electrons. The first-order valence-corrected chi connectivity index (χ1v) is 8.41. The highest BCUT2D eigenvalue weighted by Gasteiger charge is 1.92. The van der Waals surface area contributed by atoms with Crippen LogP contribution in [0.2, 0.25) is 0 Å². The van der Waals surface area contributed by atoms with E-state index in [-0.39, 0.29) is 0 Å². The Morgan fingerprint density at radius 3 is 1.63 bits per heavy atom. The summed E-state index contributed by atoms with van der Waals surface area (Å²) < 4.78 is 0. The Bertz CT molecular complexity index is 196. The van der Waals surface area contributed by atoms with Gasteiger partial charge in [0.15, 0.2) is 0 Å².